The van der Waals surface area contributed by atoms with E-state index in [0.717, 1.165) is 17.2 Å². The van der Waals surface area contributed by atoms with Crippen LogP contribution < -0.4 is 0 Å². The van der Waals surface area contributed by atoms with E-state index in [2.05, 4.69) is 0 Å². The second kappa shape index (κ2) is 7.45. The Morgan fingerprint density at radius 1 is 1.35 bits per heavy atom. The number of carboxylic acid groups (broad SMARTS) is 1. The lowest BCUT2D eigenvalue weighted by Crippen LogP contribution is -2.33. The van der Waals surface area contributed by atoms with Crippen molar-refractivity contribution in [2.24, 2.45) is 0 Å². The summed E-state index contributed by atoms with van der Waals surface area (Å²) in [5, 5.41) is 17.5. The van der Waals surface area contributed by atoms with Gasteiger partial charge in [0.2, 0.25) is 0 Å². The van der Waals surface area contributed by atoms with E-state index in [4.69, 9.17) is 10.2 Å². The van der Waals surface area contributed by atoms with Crippen LogP contribution in [0, 0.1) is 6.92 Å². The lowest BCUT2D eigenvalue weighted by atomic mass is 10.0. The van der Waals surface area contributed by atoms with Gasteiger partial charge in [-0.2, -0.15) is 0 Å². The molecule has 1 aromatic carbocycles. The van der Waals surface area contributed by atoms with Gasteiger partial charge in [0.1, 0.15) is 0 Å². The number of rotatable bonds is 6. The molecule has 0 aliphatic heterocycles. The lowest BCUT2D eigenvalue weighted by Gasteiger charge is -2.20. The van der Waals surface area contributed by atoms with Crippen molar-refractivity contribution in [1.82, 2.24) is 4.90 Å². The first-order chi connectivity index (χ1) is 9.49. The number of carboxylic acids is 1. The molecule has 0 bridgehead atoms. The molecule has 5 nitrogen and oxygen atoms in total. The third-order valence-corrected chi connectivity index (χ3v) is 2.96. The van der Waals surface area contributed by atoms with Crippen LogP contribution in [-0.4, -0.2) is 46.7 Å². The average molecular weight is 277 g/mol. The van der Waals surface area contributed by atoms with Crippen molar-refractivity contribution < 1.29 is 19.8 Å². The predicted molar refractivity (Wildman–Crippen MR) is 76.5 cm³/mol. The Labute approximate surface area is 118 Å². The molecule has 0 saturated heterocycles. The molecule has 5 heteroatoms. The van der Waals surface area contributed by atoms with Crippen molar-refractivity contribution in [3.05, 3.63) is 41.0 Å². The van der Waals surface area contributed by atoms with Gasteiger partial charge in [0.25, 0.3) is 5.91 Å². The molecule has 0 fully saturated rings. The van der Waals surface area contributed by atoms with E-state index in [1.54, 1.807) is 23.1 Å². The number of carbonyl (C=O) groups is 2. The molecule has 2 N–H and O–H groups in total. The van der Waals surface area contributed by atoms with Crippen LogP contribution in [0.25, 0.3) is 6.08 Å². The number of aliphatic hydroxyl groups excluding tert-OH is 1. The number of aliphatic hydroxyl groups is 1. The zero-order valence-electron chi connectivity index (χ0n) is 11.7. The molecule has 20 heavy (non-hydrogen) atoms. The van der Waals surface area contributed by atoms with Gasteiger partial charge in [0.15, 0.2) is 0 Å². The van der Waals surface area contributed by atoms with Gasteiger partial charge < -0.3 is 15.1 Å². The second-order valence-electron chi connectivity index (χ2n) is 4.35. The molecule has 1 rings (SSSR count). The van der Waals surface area contributed by atoms with Gasteiger partial charge in [0, 0.05) is 24.7 Å². The van der Waals surface area contributed by atoms with Crippen molar-refractivity contribution in [3.8, 4) is 0 Å². The molecule has 0 spiro atoms. The smallest absolute Gasteiger partial charge is 0.328 e. The van der Waals surface area contributed by atoms with Crippen LogP contribution in [0.15, 0.2) is 24.3 Å². The molecule has 1 amide bonds. The maximum atomic E-state index is 12.2. The number of benzene rings is 1. The summed E-state index contributed by atoms with van der Waals surface area (Å²) in [7, 11) is 0. The van der Waals surface area contributed by atoms with Crippen molar-refractivity contribution in [1.29, 1.82) is 0 Å². The van der Waals surface area contributed by atoms with Crippen LogP contribution in [0.1, 0.15) is 28.4 Å². The summed E-state index contributed by atoms with van der Waals surface area (Å²) < 4.78 is 0. The first-order valence-corrected chi connectivity index (χ1v) is 6.41. The Hall–Kier alpha value is -2.14. The molecule has 0 aromatic heterocycles. The highest BCUT2D eigenvalue weighted by Crippen LogP contribution is 2.14. The van der Waals surface area contributed by atoms with Crippen LogP contribution >= 0.6 is 0 Å². The van der Waals surface area contributed by atoms with E-state index >= 15 is 0 Å². The minimum atomic E-state index is -1.01. The van der Waals surface area contributed by atoms with Crippen molar-refractivity contribution >= 4 is 18.0 Å². The van der Waals surface area contributed by atoms with Crippen molar-refractivity contribution in [2.75, 3.05) is 19.7 Å². The highest BCUT2D eigenvalue weighted by Gasteiger charge is 2.14. The first kappa shape index (κ1) is 15.9. The van der Waals surface area contributed by atoms with Crippen LogP contribution in [0.5, 0.6) is 0 Å². The molecule has 1 aromatic rings. The maximum absolute atomic E-state index is 12.2. The zero-order valence-corrected chi connectivity index (χ0v) is 11.7. The molecular weight excluding hydrogens is 258 g/mol. The Bertz CT molecular complexity index is 523. The Morgan fingerprint density at radius 3 is 2.55 bits per heavy atom. The van der Waals surface area contributed by atoms with Crippen LogP contribution in [0.4, 0.5) is 0 Å². The molecule has 0 heterocycles. The van der Waals surface area contributed by atoms with E-state index < -0.39 is 5.97 Å². The van der Waals surface area contributed by atoms with Gasteiger partial charge in [-0.25, -0.2) is 4.79 Å². The van der Waals surface area contributed by atoms with E-state index in [1.165, 1.54) is 6.08 Å². The summed E-state index contributed by atoms with van der Waals surface area (Å²) in [5.41, 5.74) is 2.12. The third kappa shape index (κ3) is 4.20. The number of nitrogens with zero attached hydrogens (tertiary/aromatic N) is 1. The Morgan fingerprint density at radius 2 is 2.05 bits per heavy atom. The van der Waals surface area contributed by atoms with Crippen molar-refractivity contribution in [2.45, 2.75) is 13.8 Å². The summed E-state index contributed by atoms with van der Waals surface area (Å²) >= 11 is 0. The molecule has 0 aliphatic rings. The Balaban J connectivity index is 2.96. The van der Waals surface area contributed by atoms with Gasteiger partial charge in [-0.3, -0.25) is 4.79 Å². The quantitative estimate of drug-likeness (QED) is 0.773. The molecule has 0 saturated carbocycles. The minimum absolute atomic E-state index is 0.0714. The predicted octanol–water partition coefficient (Wildman–Crippen LogP) is 1.55. The number of amides is 1. The first-order valence-electron chi connectivity index (χ1n) is 6.41. The number of carbonyl (C=O) groups excluding carboxylic acids is 1. The fourth-order valence-electron chi connectivity index (χ4n) is 1.86. The molecule has 0 atom stereocenters. The number of aryl methyl sites for hydroxylation is 1. The van der Waals surface area contributed by atoms with Crippen LogP contribution in [0.2, 0.25) is 0 Å². The SMILES string of the molecule is CCN(CCO)C(=O)c1ccc(/C=C/C(=O)O)c(C)c1. The van der Waals surface area contributed by atoms with E-state index in [-0.39, 0.29) is 12.5 Å². The fraction of sp³-hybridized carbons (Fsp3) is 0.333. The van der Waals surface area contributed by atoms with Gasteiger partial charge in [-0.15, -0.1) is 0 Å². The van der Waals surface area contributed by atoms with Gasteiger partial charge >= 0.3 is 5.97 Å². The summed E-state index contributed by atoms with van der Waals surface area (Å²) in [6.45, 7) is 4.43. The van der Waals surface area contributed by atoms with Crippen LogP contribution in [0.3, 0.4) is 0 Å². The average Bonchev–Trinajstić information content (AvgIpc) is 2.42. The zero-order chi connectivity index (χ0) is 15.1. The lowest BCUT2D eigenvalue weighted by molar-refractivity contribution is -0.131. The molecule has 108 valence electrons. The number of hydrogen-bond acceptors (Lipinski definition) is 3. The molecule has 0 unspecified atom stereocenters. The van der Waals surface area contributed by atoms with Crippen LogP contribution in [-0.2, 0) is 4.79 Å². The normalized spacial score (nSPS) is 10.8. The van der Waals surface area contributed by atoms with Crippen molar-refractivity contribution in [3.63, 3.8) is 0 Å². The topological polar surface area (TPSA) is 77.8 Å². The number of aliphatic carboxylic acids is 1. The van der Waals surface area contributed by atoms with Gasteiger partial charge in [-0.05, 0) is 43.2 Å². The van der Waals surface area contributed by atoms with Gasteiger partial charge in [0.05, 0.1) is 6.61 Å². The van der Waals surface area contributed by atoms with E-state index in [1.807, 2.05) is 13.8 Å². The minimum Gasteiger partial charge on any atom is -0.478 e. The standard InChI is InChI=1S/C15H19NO4/c1-3-16(8-9-17)15(20)13-5-4-12(11(2)10-13)6-7-14(18)19/h4-7,10,17H,3,8-9H2,1-2H3,(H,18,19)/b7-6+. The summed E-state index contributed by atoms with van der Waals surface area (Å²) in [6.07, 6.45) is 2.56. The highest BCUT2D eigenvalue weighted by atomic mass is 16.4. The second-order valence-corrected chi connectivity index (χ2v) is 4.35. The maximum Gasteiger partial charge on any atom is 0.328 e. The largest absolute Gasteiger partial charge is 0.478 e. The monoisotopic (exact) mass is 277 g/mol. The molecule has 0 aliphatic carbocycles. The van der Waals surface area contributed by atoms with Gasteiger partial charge in [-0.1, -0.05) is 6.07 Å². The summed E-state index contributed by atoms with van der Waals surface area (Å²) in [5.74, 6) is -1.15. The number of hydrogen-bond donors (Lipinski definition) is 2. The Kier molecular flexibility index (Phi) is 5.93. The summed E-state index contributed by atoms with van der Waals surface area (Å²) in [6, 6.07) is 5.11. The molecular formula is C15H19NO4. The summed E-state index contributed by atoms with van der Waals surface area (Å²) in [4.78, 5) is 24.2. The molecule has 0 radical (unpaired) electrons. The third-order valence-electron chi connectivity index (χ3n) is 2.96. The number of likely N-dealkylation sites (N-methyl/N-ethyl adjacent to an activating group) is 1. The highest BCUT2D eigenvalue weighted by molar-refractivity contribution is 5.95. The van der Waals surface area contributed by atoms with E-state index in [9.17, 15) is 9.59 Å². The fourth-order valence-corrected chi connectivity index (χ4v) is 1.86. The van der Waals surface area contributed by atoms with E-state index in [0.29, 0.717) is 18.7 Å².